The second kappa shape index (κ2) is 8.39. The summed E-state index contributed by atoms with van der Waals surface area (Å²) in [4.78, 5) is 28.6. The van der Waals surface area contributed by atoms with Crippen LogP contribution in [0.2, 0.25) is 0 Å². The Labute approximate surface area is 162 Å². The molecule has 2 aliphatic heterocycles. The van der Waals surface area contributed by atoms with E-state index in [1.807, 2.05) is 6.92 Å². The maximum Gasteiger partial charge on any atom is 0.305 e. The number of ether oxygens (including phenoxy) is 1. The van der Waals surface area contributed by atoms with Crippen molar-refractivity contribution in [1.29, 1.82) is 0 Å². The Morgan fingerprint density at radius 3 is 2.70 bits per heavy atom. The summed E-state index contributed by atoms with van der Waals surface area (Å²) in [6.45, 7) is 7.49. The number of aryl methyl sites for hydroxylation is 1. The second-order valence-corrected chi connectivity index (χ2v) is 10.1. The molecule has 0 spiro atoms. The van der Waals surface area contributed by atoms with Crippen LogP contribution in [0.3, 0.4) is 0 Å². The van der Waals surface area contributed by atoms with E-state index in [2.05, 4.69) is 15.2 Å². The minimum absolute atomic E-state index is 0.00596. The number of amides is 1. The summed E-state index contributed by atoms with van der Waals surface area (Å²) in [6.07, 6.45) is 1.10. The molecule has 9 nitrogen and oxygen atoms in total. The van der Waals surface area contributed by atoms with Crippen LogP contribution in [0.25, 0.3) is 0 Å². The van der Waals surface area contributed by atoms with E-state index in [0.717, 1.165) is 13.1 Å². The van der Waals surface area contributed by atoms with Crippen LogP contribution in [0.4, 0.5) is 0 Å². The monoisotopic (exact) mass is 418 g/mol. The molecule has 0 saturated carbocycles. The molecule has 0 radical (unpaired) electrons. The number of aromatic amines is 1. The van der Waals surface area contributed by atoms with E-state index in [4.69, 9.17) is 4.74 Å². The van der Waals surface area contributed by atoms with Crippen molar-refractivity contribution in [2.45, 2.75) is 43.0 Å². The molecule has 1 amide bonds. The van der Waals surface area contributed by atoms with Gasteiger partial charge in [0.25, 0.3) is 10.0 Å². The largest absolute Gasteiger partial charge is 0.379 e. The first-order chi connectivity index (χ1) is 12.8. The van der Waals surface area contributed by atoms with Crippen LogP contribution in [-0.4, -0.2) is 80.0 Å². The van der Waals surface area contributed by atoms with Crippen LogP contribution in [0.5, 0.6) is 0 Å². The molecule has 3 rings (SSSR count). The van der Waals surface area contributed by atoms with Gasteiger partial charge in [-0.2, -0.15) is 4.31 Å². The first kappa shape index (κ1) is 20.5. The van der Waals surface area contributed by atoms with Crippen LogP contribution in [-0.2, 0) is 19.6 Å². The molecule has 0 aromatic carbocycles. The Morgan fingerprint density at radius 1 is 1.37 bits per heavy atom. The molecule has 2 fully saturated rings. The molecule has 1 aromatic heterocycles. The highest BCUT2D eigenvalue weighted by Gasteiger charge is 2.41. The highest BCUT2D eigenvalue weighted by molar-refractivity contribution is 7.91. The average Bonchev–Trinajstić information content (AvgIpc) is 3.22. The van der Waals surface area contributed by atoms with E-state index in [1.54, 1.807) is 6.92 Å². The van der Waals surface area contributed by atoms with E-state index in [1.165, 1.54) is 4.31 Å². The van der Waals surface area contributed by atoms with Crippen molar-refractivity contribution in [1.82, 2.24) is 19.5 Å². The molecule has 2 aliphatic rings. The van der Waals surface area contributed by atoms with Gasteiger partial charge in [0.2, 0.25) is 5.91 Å². The third kappa shape index (κ3) is 4.60. The number of hydrogen-bond acceptors (Lipinski definition) is 7. The zero-order valence-electron chi connectivity index (χ0n) is 15.6. The summed E-state index contributed by atoms with van der Waals surface area (Å²) in [5, 5.41) is 2.95. The summed E-state index contributed by atoms with van der Waals surface area (Å²) in [6, 6.07) is -0.829. The topological polar surface area (TPSA) is 112 Å². The molecule has 0 aliphatic carbocycles. The fourth-order valence-electron chi connectivity index (χ4n) is 3.59. The van der Waals surface area contributed by atoms with Crippen molar-refractivity contribution in [3.63, 3.8) is 0 Å². The minimum Gasteiger partial charge on any atom is -0.379 e. The fourth-order valence-corrected chi connectivity index (χ4v) is 6.66. The third-order valence-corrected chi connectivity index (χ3v) is 8.35. The number of carbonyl (C=O) groups excluding carboxylic acids is 1. The van der Waals surface area contributed by atoms with E-state index >= 15 is 0 Å². The summed E-state index contributed by atoms with van der Waals surface area (Å²) >= 11 is 0.668. The molecule has 11 heteroatoms. The zero-order valence-corrected chi connectivity index (χ0v) is 17.2. The molecule has 2 unspecified atom stereocenters. The summed E-state index contributed by atoms with van der Waals surface area (Å²) in [5.41, 5.74) is 0.316. The predicted molar refractivity (Wildman–Crippen MR) is 101 cm³/mol. The maximum atomic E-state index is 13.0. The van der Waals surface area contributed by atoms with Gasteiger partial charge >= 0.3 is 4.87 Å². The molecule has 2 N–H and O–H groups in total. The number of aromatic nitrogens is 1. The number of H-pyrrole nitrogens is 1. The molecular formula is C16H26N4O5S2. The van der Waals surface area contributed by atoms with Gasteiger partial charge in [-0.3, -0.25) is 14.5 Å². The number of nitrogens with one attached hydrogen (secondary N) is 2. The SMILES string of the molecule is Cc1[nH]c(=O)sc1S(=O)(=O)N1CCCC1C(=O)NC(C)CN1CCOCC1. The Hall–Kier alpha value is -1.27. The Kier molecular flexibility index (Phi) is 6.36. The summed E-state index contributed by atoms with van der Waals surface area (Å²) in [7, 11) is -3.87. The Morgan fingerprint density at radius 2 is 2.07 bits per heavy atom. The lowest BCUT2D eigenvalue weighted by Gasteiger charge is -2.30. The highest BCUT2D eigenvalue weighted by atomic mass is 32.2. The van der Waals surface area contributed by atoms with Crippen LogP contribution >= 0.6 is 11.3 Å². The number of morpholine rings is 1. The van der Waals surface area contributed by atoms with Crippen LogP contribution in [0.1, 0.15) is 25.5 Å². The number of nitrogens with zero attached hydrogens (tertiary/aromatic N) is 2. The number of carbonyl (C=O) groups is 1. The minimum atomic E-state index is -3.87. The number of rotatable bonds is 6. The number of sulfonamides is 1. The number of hydrogen-bond donors (Lipinski definition) is 2. The van der Waals surface area contributed by atoms with Gasteiger partial charge in [-0.05, 0) is 26.7 Å². The summed E-state index contributed by atoms with van der Waals surface area (Å²) < 4.78 is 32.5. The Balaban J connectivity index is 1.67. The smallest absolute Gasteiger partial charge is 0.305 e. The molecule has 2 atom stereocenters. The molecule has 0 bridgehead atoms. The Bertz CT molecular complexity index is 828. The zero-order chi connectivity index (χ0) is 19.6. The van der Waals surface area contributed by atoms with Gasteiger partial charge < -0.3 is 15.0 Å². The predicted octanol–water partition coefficient (Wildman–Crippen LogP) is -0.265. The highest BCUT2D eigenvalue weighted by Crippen LogP contribution is 2.28. The van der Waals surface area contributed by atoms with E-state index in [0.29, 0.717) is 49.6 Å². The van der Waals surface area contributed by atoms with E-state index in [9.17, 15) is 18.0 Å². The van der Waals surface area contributed by atoms with Crippen molar-refractivity contribution >= 4 is 27.3 Å². The van der Waals surface area contributed by atoms with Crippen molar-refractivity contribution in [2.24, 2.45) is 0 Å². The molecule has 2 saturated heterocycles. The lowest BCUT2D eigenvalue weighted by atomic mass is 10.2. The number of thiazole rings is 1. The van der Waals surface area contributed by atoms with Gasteiger partial charge in [-0.25, -0.2) is 8.42 Å². The molecular weight excluding hydrogens is 392 g/mol. The van der Waals surface area contributed by atoms with Gasteiger partial charge in [-0.1, -0.05) is 11.3 Å². The van der Waals surface area contributed by atoms with E-state index in [-0.39, 0.29) is 22.7 Å². The standard InChI is InChI=1S/C16H26N4O5S2/c1-11(10-19-6-8-25-9-7-19)17-14(21)13-4-3-5-20(13)27(23,24)15-12(2)18-16(22)26-15/h11,13H,3-10H2,1-2H3,(H,17,21)(H,18,22). The average molecular weight is 419 g/mol. The van der Waals surface area contributed by atoms with Crippen molar-refractivity contribution < 1.29 is 17.9 Å². The molecule has 1 aromatic rings. The van der Waals surface area contributed by atoms with Crippen molar-refractivity contribution in [3.8, 4) is 0 Å². The van der Waals surface area contributed by atoms with Gasteiger partial charge in [0.05, 0.1) is 13.2 Å². The lowest BCUT2D eigenvalue weighted by molar-refractivity contribution is -0.125. The van der Waals surface area contributed by atoms with Crippen LogP contribution in [0, 0.1) is 6.92 Å². The van der Waals surface area contributed by atoms with Crippen molar-refractivity contribution in [2.75, 3.05) is 39.4 Å². The van der Waals surface area contributed by atoms with Gasteiger partial charge in [0.1, 0.15) is 6.04 Å². The molecule has 152 valence electrons. The van der Waals surface area contributed by atoms with Crippen LogP contribution in [0.15, 0.2) is 9.00 Å². The van der Waals surface area contributed by atoms with Gasteiger partial charge in [0.15, 0.2) is 4.21 Å². The molecule has 27 heavy (non-hydrogen) atoms. The lowest BCUT2D eigenvalue weighted by Crippen LogP contribution is -2.51. The van der Waals surface area contributed by atoms with Crippen LogP contribution < -0.4 is 10.2 Å². The van der Waals surface area contributed by atoms with Gasteiger partial charge in [-0.15, -0.1) is 0 Å². The first-order valence-corrected chi connectivity index (χ1v) is 11.4. The normalized spacial score (nSPS) is 23.4. The maximum absolute atomic E-state index is 13.0. The summed E-state index contributed by atoms with van der Waals surface area (Å²) in [5.74, 6) is -0.280. The second-order valence-electron chi connectivity index (χ2n) is 7.02. The quantitative estimate of drug-likeness (QED) is 0.658. The first-order valence-electron chi connectivity index (χ1n) is 9.11. The van der Waals surface area contributed by atoms with Crippen molar-refractivity contribution in [3.05, 3.63) is 15.4 Å². The fraction of sp³-hybridized carbons (Fsp3) is 0.750. The third-order valence-electron chi connectivity index (χ3n) is 4.85. The van der Waals surface area contributed by atoms with E-state index < -0.39 is 20.9 Å². The van der Waals surface area contributed by atoms with Gasteiger partial charge in [0, 0.05) is 37.9 Å². The molecule has 3 heterocycles.